The van der Waals surface area contributed by atoms with Crippen LogP contribution in [0.25, 0.3) is 11.0 Å². The molecule has 0 spiro atoms. The molecule has 1 aromatic heterocycles. The lowest BCUT2D eigenvalue weighted by Gasteiger charge is -2.12. The molecule has 0 unspecified atom stereocenters. The predicted octanol–water partition coefficient (Wildman–Crippen LogP) is 3.45. The summed E-state index contributed by atoms with van der Waals surface area (Å²) >= 11 is 0. The number of hydrogen-bond acceptors (Lipinski definition) is 3. The summed E-state index contributed by atoms with van der Waals surface area (Å²) in [6.45, 7) is 3.61. The molecule has 3 N–H and O–H groups in total. The Balaban J connectivity index is 0.00000280. The number of hydrogen-bond donors (Lipinski definition) is 3. The van der Waals surface area contributed by atoms with Crippen molar-refractivity contribution >= 4 is 41.0 Å². The second kappa shape index (κ2) is 10.9. The predicted molar refractivity (Wildman–Crippen MR) is 126 cm³/mol. The zero-order chi connectivity index (χ0) is 19.1. The molecule has 28 heavy (non-hydrogen) atoms. The highest BCUT2D eigenvalue weighted by Gasteiger charge is 2.04. The maximum Gasteiger partial charge on any atom is 0.191 e. The van der Waals surface area contributed by atoms with Gasteiger partial charge in [-0.1, -0.05) is 24.3 Å². The summed E-state index contributed by atoms with van der Waals surface area (Å²) in [7, 11) is 3.49. The summed E-state index contributed by atoms with van der Waals surface area (Å²) < 4.78 is 5.39. The number of imidazole rings is 1. The third-order valence-electron chi connectivity index (χ3n) is 4.49. The van der Waals surface area contributed by atoms with Crippen LogP contribution in [0, 0.1) is 6.92 Å². The monoisotopic (exact) mass is 493 g/mol. The average Bonchev–Trinajstić information content (AvgIpc) is 3.10. The van der Waals surface area contributed by atoms with Gasteiger partial charge in [0.25, 0.3) is 0 Å². The van der Waals surface area contributed by atoms with Gasteiger partial charge in [0.05, 0.1) is 18.1 Å². The van der Waals surface area contributed by atoms with E-state index >= 15 is 0 Å². The first-order valence-electron chi connectivity index (χ1n) is 9.21. The number of aliphatic imine (C=N–C) groups is 1. The Morgan fingerprint density at radius 2 is 1.86 bits per heavy atom. The van der Waals surface area contributed by atoms with Crippen LogP contribution in [0.2, 0.25) is 0 Å². The van der Waals surface area contributed by atoms with E-state index in [1.165, 1.54) is 5.56 Å². The van der Waals surface area contributed by atoms with E-state index in [1.807, 2.05) is 24.3 Å². The molecule has 0 aliphatic heterocycles. The van der Waals surface area contributed by atoms with Gasteiger partial charge in [0.2, 0.25) is 0 Å². The van der Waals surface area contributed by atoms with E-state index in [-0.39, 0.29) is 24.0 Å². The first-order chi connectivity index (χ1) is 13.2. The summed E-state index contributed by atoms with van der Waals surface area (Å²) in [5.74, 6) is 2.71. The van der Waals surface area contributed by atoms with E-state index < -0.39 is 0 Å². The zero-order valence-corrected chi connectivity index (χ0v) is 18.9. The molecule has 3 rings (SSSR count). The van der Waals surface area contributed by atoms with Crippen molar-refractivity contribution in [1.29, 1.82) is 0 Å². The largest absolute Gasteiger partial charge is 0.496 e. The van der Waals surface area contributed by atoms with Gasteiger partial charge in [-0.15, -0.1) is 24.0 Å². The number of H-pyrrole nitrogens is 1. The van der Waals surface area contributed by atoms with Crippen molar-refractivity contribution in [1.82, 2.24) is 20.6 Å². The van der Waals surface area contributed by atoms with Crippen molar-refractivity contribution in [3.8, 4) is 5.75 Å². The van der Waals surface area contributed by atoms with Crippen LogP contribution in [0.4, 0.5) is 0 Å². The molecule has 0 saturated heterocycles. The summed E-state index contributed by atoms with van der Waals surface area (Å²) in [6.07, 6.45) is 1.71. The molecular formula is C21H28IN5O. The minimum Gasteiger partial charge on any atom is -0.496 e. The van der Waals surface area contributed by atoms with E-state index in [0.29, 0.717) is 0 Å². The second-order valence-corrected chi connectivity index (χ2v) is 6.43. The highest BCUT2D eigenvalue weighted by Crippen LogP contribution is 2.19. The van der Waals surface area contributed by atoms with Crippen LogP contribution in [0.15, 0.2) is 47.5 Å². The second-order valence-electron chi connectivity index (χ2n) is 6.43. The number of ether oxygens (including phenoxy) is 1. The van der Waals surface area contributed by atoms with Crippen molar-refractivity contribution in [2.75, 3.05) is 27.2 Å². The minimum atomic E-state index is 0. The van der Waals surface area contributed by atoms with Gasteiger partial charge in [0.15, 0.2) is 5.96 Å². The Hall–Kier alpha value is -2.29. The maximum absolute atomic E-state index is 5.39. The molecule has 1 heterocycles. The van der Waals surface area contributed by atoms with Gasteiger partial charge in [-0.25, -0.2) is 4.98 Å². The molecule has 0 amide bonds. The number of benzene rings is 2. The molecule has 0 bridgehead atoms. The summed E-state index contributed by atoms with van der Waals surface area (Å²) in [5.41, 5.74) is 4.46. The van der Waals surface area contributed by atoms with Crippen molar-refractivity contribution in [2.45, 2.75) is 19.8 Å². The summed E-state index contributed by atoms with van der Waals surface area (Å²) in [5, 5.41) is 6.68. The number of rotatable bonds is 7. The number of halogens is 1. The van der Waals surface area contributed by atoms with Gasteiger partial charge in [0.1, 0.15) is 11.6 Å². The molecule has 0 aliphatic carbocycles. The number of guanidine groups is 1. The van der Waals surface area contributed by atoms with Gasteiger partial charge in [-0.2, -0.15) is 0 Å². The molecular weight excluding hydrogens is 465 g/mol. The summed E-state index contributed by atoms with van der Waals surface area (Å²) in [4.78, 5) is 12.2. The van der Waals surface area contributed by atoms with Crippen LogP contribution >= 0.6 is 24.0 Å². The van der Waals surface area contributed by atoms with Gasteiger partial charge in [-0.3, -0.25) is 4.99 Å². The Morgan fingerprint density at radius 1 is 1.11 bits per heavy atom. The van der Waals surface area contributed by atoms with Gasteiger partial charge in [0, 0.05) is 26.6 Å². The van der Waals surface area contributed by atoms with Crippen molar-refractivity contribution in [3.05, 3.63) is 59.4 Å². The summed E-state index contributed by atoms with van der Waals surface area (Å²) in [6, 6.07) is 14.4. The van der Waals surface area contributed by atoms with E-state index in [2.05, 4.69) is 50.7 Å². The van der Waals surface area contributed by atoms with Crippen LogP contribution in [-0.2, 0) is 12.8 Å². The Morgan fingerprint density at radius 3 is 2.57 bits per heavy atom. The molecule has 0 radical (unpaired) electrons. The number of methoxy groups -OCH3 is 1. The van der Waals surface area contributed by atoms with Crippen LogP contribution in [-0.4, -0.2) is 43.2 Å². The lowest BCUT2D eigenvalue weighted by Crippen LogP contribution is -2.39. The third kappa shape index (κ3) is 5.85. The smallest absolute Gasteiger partial charge is 0.191 e. The van der Waals surface area contributed by atoms with Crippen molar-refractivity contribution in [3.63, 3.8) is 0 Å². The molecule has 0 atom stereocenters. The topological polar surface area (TPSA) is 74.3 Å². The average molecular weight is 493 g/mol. The fourth-order valence-electron chi connectivity index (χ4n) is 2.99. The van der Waals surface area contributed by atoms with E-state index in [9.17, 15) is 0 Å². The number of aromatic nitrogens is 2. The molecule has 150 valence electrons. The number of aryl methyl sites for hydroxylation is 1. The SMILES string of the molecule is CN=C(NCCc1ccc(C)c(OC)c1)NCCc1nc2ccccc2[nH]1.I. The molecule has 0 fully saturated rings. The normalized spacial score (nSPS) is 11.2. The maximum atomic E-state index is 5.39. The Kier molecular flexibility index (Phi) is 8.56. The molecule has 7 heteroatoms. The standard InChI is InChI=1S/C21H27N5O.HI/c1-15-8-9-16(14-19(15)27-3)10-12-23-21(22-2)24-13-11-20-25-17-6-4-5-7-18(17)26-20;/h4-9,14H,10-13H2,1-3H3,(H,25,26)(H2,22,23,24);1H. The van der Waals surface area contributed by atoms with Gasteiger partial charge in [-0.05, 0) is 42.7 Å². The van der Waals surface area contributed by atoms with Crippen LogP contribution in [0.1, 0.15) is 17.0 Å². The van der Waals surface area contributed by atoms with E-state index in [4.69, 9.17) is 4.74 Å². The molecule has 3 aromatic rings. The molecule has 0 saturated carbocycles. The Bertz CT molecular complexity index is 889. The highest BCUT2D eigenvalue weighted by atomic mass is 127. The zero-order valence-electron chi connectivity index (χ0n) is 16.6. The highest BCUT2D eigenvalue weighted by molar-refractivity contribution is 14.0. The number of nitrogens with zero attached hydrogens (tertiary/aromatic N) is 2. The Labute approximate surface area is 183 Å². The van der Waals surface area contributed by atoms with Crippen molar-refractivity contribution < 1.29 is 4.74 Å². The lowest BCUT2D eigenvalue weighted by atomic mass is 10.1. The fourth-order valence-corrected chi connectivity index (χ4v) is 2.99. The van der Waals surface area contributed by atoms with E-state index in [1.54, 1.807) is 14.2 Å². The third-order valence-corrected chi connectivity index (χ3v) is 4.49. The first kappa shape index (κ1) is 22.0. The van der Waals surface area contributed by atoms with Crippen LogP contribution in [0.3, 0.4) is 0 Å². The van der Waals surface area contributed by atoms with Gasteiger partial charge < -0.3 is 20.4 Å². The lowest BCUT2D eigenvalue weighted by molar-refractivity contribution is 0.411. The van der Waals surface area contributed by atoms with Crippen LogP contribution < -0.4 is 15.4 Å². The quantitative estimate of drug-likeness (QED) is 0.268. The van der Waals surface area contributed by atoms with Gasteiger partial charge >= 0.3 is 0 Å². The van der Waals surface area contributed by atoms with Crippen molar-refractivity contribution in [2.24, 2.45) is 4.99 Å². The first-order valence-corrected chi connectivity index (χ1v) is 9.21. The van der Waals surface area contributed by atoms with E-state index in [0.717, 1.165) is 60.1 Å². The molecule has 0 aliphatic rings. The number of aromatic amines is 1. The number of fused-ring (bicyclic) bond motifs is 1. The molecule has 6 nitrogen and oxygen atoms in total. The minimum absolute atomic E-state index is 0. The number of para-hydroxylation sites is 2. The molecule has 2 aromatic carbocycles. The van der Waals surface area contributed by atoms with Crippen LogP contribution in [0.5, 0.6) is 5.75 Å². The fraction of sp³-hybridized carbons (Fsp3) is 0.333. The number of nitrogens with one attached hydrogen (secondary N) is 3.